The molecule has 116 heavy (non-hydrogen) atoms. The van der Waals surface area contributed by atoms with Crippen LogP contribution in [-0.2, 0) is 6.54 Å². The van der Waals surface area contributed by atoms with Gasteiger partial charge in [-0.25, -0.2) is 4.98 Å². The van der Waals surface area contributed by atoms with E-state index in [-0.39, 0.29) is 132 Å². The smallest absolute Gasteiger partial charge is 0.259 e. The number of hydrogen-bond acceptors (Lipinski definition) is 24. The van der Waals surface area contributed by atoms with Gasteiger partial charge in [-0.3, -0.25) is 19.2 Å². The van der Waals surface area contributed by atoms with Gasteiger partial charge in [0.05, 0.1) is 34.4 Å². The van der Waals surface area contributed by atoms with Crippen LogP contribution < -0.4 is 26.2 Å². The maximum atomic E-state index is 12.3. The average Bonchev–Trinajstić information content (AvgIpc) is 1.46. The third-order valence-corrected chi connectivity index (χ3v) is 17.4. The molecule has 0 atom stereocenters. The van der Waals surface area contributed by atoms with Crippen molar-refractivity contribution in [1.29, 1.82) is 0 Å². The third-order valence-electron chi connectivity index (χ3n) is 17.4. The minimum atomic E-state index is -0.616. The lowest BCUT2D eigenvalue weighted by molar-refractivity contribution is 0.0988. The molecule has 598 valence electrons. The normalized spacial score (nSPS) is 10.3. The molecule has 0 aliphatic rings. The minimum absolute atomic E-state index is 0.00106. The van der Waals surface area contributed by atoms with Crippen LogP contribution in [0.2, 0.25) is 0 Å². The van der Waals surface area contributed by atoms with Crippen molar-refractivity contribution in [2.45, 2.75) is 48.1 Å². The monoisotopic (exact) mass is 1580 g/mol. The number of carbonyl (C=O) groups is 4. The van der Waals surface area contributed by atoms with Crippen molar-refractivity contribution in [3.05, 3.63) is 286 Å². The standard InChI is InChI=1S/C16H14N2O3.C15H15NO4.3C14H13NO4.C14H15NO3/c1-9-2-3-10(6-14(9)20)12-8-17-16(18-12)11-4-5-13(19)15(21)7-11;1-9-7-11(4-6-12(9)17)16(2)15(20)10-3-5-13(18)14(19)8-10;1-8-4-2-6-10(12(8)17)15-14(19)9-5-3-7-11(16)13(9)18;1-8-7-9(5-6-11(8)16)15-14(19)10-3-2-4-12(17)13(10)18;1-8-3-2-4-10(13(8)18)15-14(19)9-5-6-11(16)12(17)7-9;1-9-6-11(3-5-12(9)16)15-8-10-2-4-13(17)14(18)7-10/h2-8,19-21H,1H3,(H,17,18);3-8,17-19H,1-2H3;3*2-7,16-18H,1H3,(H,15,19);2-7,15-18H,8H2,1H3. The number of nitrogens with zero attached hydrogens (tertiary/aromatic N) is 2. The number of phenolic OH excluding ortho intramolecular Hbond substituents is 18. The Balaban J connectivity index is 0.000000174. The molecule has 1 heterocycles. The molecule has 0 saturated carbocycles. The number of aromatic amines is 1. The van der Waals surface area contributed by atoms with Gasteiger partial charge >= 0.3 is 0 Å². The summed E-state index contributed by atoms with van der Waals surface area (Å²) in [5.74, 6) is -4.24. The van der Waals surface area contributed by atoms with Gasteiger partial charge < -0.3 is 123 Å². The highest BCUT2D eigenvalue weighted by Gasteiger charge is 2.20. The Kier molecular flexibility index (Phi) is 28.4. The summed E-state index contributed by atoms with van der Waals surface area (Å²) in [5.41, 5.74) is 10.1. The Morgan fingerprint density at radius 3 is 1.28 bits per heavy atom. The summed E-state index contributed by atoms with van der Waals surface area (Å²) < 4.78 is 0. The van der Waals surface area contributed by atoms with Crippen molar-refractivity contribution in [3.8, 4) is 126 Å². The SMILES string of the molecule is Cc1cc(N(C)C(=O)c2ccc(O)c(O)c2)ccc1O.Cc1cc(NC(=O)c2cccc(O)c2O)ccc1O.Cc1cc(NCc2ccc(O)c(O)c2)ccc1O.Cc1ccc(-c2cnc(-c3ccc(O)c(O)c3)[nH]2)cc1O.Cc1cccc(NC(=O)c2ccc(O)c(O)c2)c1O.Cc1cccc(NC(=O)c2cccc(O)c2O)c1O. The topological polar surface area (TPSA) is 512 Å². The molecule has 0 saturated heterocycles. The number of carbonyl (C=O) groups excluding carboxylic acids is 4. The Morgan fingerprint density at radius 2 is 0.767 bits per heavy atom. The molecule has 0 unspecified atom stereocenters. The first-order chi connectivity index (χ1) is 55.0. The lowest BCUT2D eigenvalue weighted by atomic mass is 10.1. The van der Waals surface area contributed by atoms with E-state index in [9.17, 15) is 111 Å². The van der Waals surface area contributed by atoms with Crippen molar-refractivity contribution in [3.63, 3.8) is 0 Å². The van der Waals surface area contributed by atoms with E-state index in [4.69, 9.17) is 0 Å². The van der Waals surface area contributed by atoms with Crippen molar-refractivity contribution in [2.24, 2.45) is 0 Å². The lowest BCUT2D eigenvalue weighted by Crippen LogP contribution is -2.26. The lowest BCUT2D eigenvalue weighted by Gasteiger charge is -2.18. The second kappa shape index (κ2) is 38.5. The third kappa shape index (κ3) is 22.6. The predicted molar refractivity (Wildman–Crippen MR) is 436 cm³/mol. The number of amides is 4. The molecule has 0 aliphatic carbocycles. The van der Waals surface area contributed by atoms with Gasteiger partial charge in [-0.05, 0) is 244 Å². The minimum Gasteiger partial charge on any atom is -0.508 e. The van der Waals surface area contributed by atoms with Crippen LogP contribution in [0.5, 0.6) is 103 Å². The Labute approximate surface area is 663 Å². The van der Waals surface area contributed by atoms with Crippen molar-refractivity contribution in [2.75, 3.05) is 33.2 Å². The van der Waals surface area contributed by atoms with Gasteiger partial charge in [-0.1, -0.05) is 54.6 Å². The number of para-hydroxylation sites is 4. The number of anilines is 5. The number of benzene rings is 12. The molecule has 0 bridgehead atoms. The van der Waals surface area contributed by atoms with Gasteiger partial charge in [0.15, 0.2) is 69.0 Å². The number of aromatic nitrogens is 2. The van der Waals surface area contributed by atoms with E-state index in [0.29, 0.717) is 51.6 Å². The quantitative estimate of drug-likeness (QED) is 0.0376. The van der Waals surface area contributed by atoms with Crippen LogP contribution in [-0.4, -0.2) is 133 Å². The molecule has 29 heteroatoms. The fourth-order valence-corrected chi connectivity index (χ4v) is 10.5. The second-order valence-electron chi connectivity index (χ2n) is 25.9. The van der Waals surface area contributed by atoms with Gasteiger partial charge in [0.2, 0.25) is 0 Å². The van der Waals surface area contributed by atoms with Crippen molar-refractivity contribution >= 4 is 52.1 Å². The molecule has 4 amide bonds. The van der Waals surface area contributed by atoms with Crippen LogP contribution in [0.4, 0.5) is 28.4 Å². The Bertz CT molecular complexity index is 5630. The largest absolute Gasteiger partial charge is 0.508 e. The fourth-order valence-electron chi connectivity index (χ4n) is 10.5. The highest BCUT2D eigenvalue weighted by Crippen LogP contribution is 2.37. The molecule has 0 radical (unpaired) electrons. The van der Waals surface area contributed by atoms with E-state index in [1.165, 1.54) is 108 Å². The molecule has 0 aliphatic heterocycles. The fraction of sp³-hybridized carbons (Fsp3) is 0.0920. The number of phenols is 18. The summed E-state index contributed by atoms with van der Waals surface area (Å²) in [6, 6.07) is 55.1. The molecule has 12 aromatic carbocycles. The molecule has 23 N–H and O–H groups in total. The number of H-pyrrole nitrogens is 1. The zero-order valence-electron chi connectivity index (χ0n) is 63.1. The number of rotatable bonds is 13. The molecule has 13 rings (SSSR count). The number of imidazole rings is 1. The van der Waals surface area contributed by atoms with Crippen molar-refractivity contribution < 1.29 is 111 Å². The average molecular weight is 1580 g/mol. The van der Waals surface area contributed by atoms with Gasteiger partial charge in [0, 0.05) is 52.9 Å². The summed E-state index contributed by atoms with van der Waals surface area (Å²) >= 11 is 0. The number of nitrogens with one attached hydrogen (secondary N) is 5. The van der Waals surface area contributed by atoms with Crippen LogP contribution in [0.15, 0.2) is 225 Å². The van der Waals surface area contributed by atoms with Gasteiger partial charge in [0.25, 0.3) is 23.6 Å². The van der Waals surface area contributed by atoms with Gasteiger partial charge in [0.1, 0.15) is 40.3 Å². The summed E-state index contributed by atoms with van der Waals surface area (Å²) in [7, 11) is 1.60. The van der Waals surface area contributed by atoms with Crippen molar-refractivity contribution in [1.82, 2.24) is 9.97 Å². The van der Waals surface area contributed by atoms with Crippen LogP contribution in [0.3, 0.4) is 0 Å². The van der Waals surface area contributed by atoms with Crippen LogP contribution in [0, 0.1) is 41.5 Å². The maximum Gasteiger partial charge on any atom is 0.259 e. The van der Waals surface area contributed by atoms with E-state index in [0.717, 1.165) is 39.7 Å². The highest BCUT2D eigenvalue weighted by molar-refractivity contribution is 6.09. The maximum absolute atomic E-state index is 12.3. The first-order valence-corrected chi connectivity index (χ1v) is 34.8. The van der Waals surface area contributed by atoms with Crippen LogP contribution in [0.1, 0.15) is 80.4 Å². The van der Waals surface area contributed by atoms with E-state index in [1.54, 1.807) is 132 Å². The van der Waals surface area contributed by atoms with Gasteiger partial charge in [-0.15, -0.1) is 0 Å². The zero-order valence-corrected chi connectivity index (χ0v) is 63.1. The van der Waals surface area contributed by atoms with Crippen LogP contribution >= 0.6 is 0 Å². The Morgan fingerprint density at radius 1 is 0.336 bits per heavy atom. The van der Waals surface area contributed by atoms with Crippen LogP contribution in [0.25, 0.3) is 22.6 Å². The van der Waals surface area contributed by atoms with Gasteiger partial charge in [-0.2, -0.15) is 0 Å². The summed E-state index contributed by atoms with van der Waals surface area (Å²) in [4.78, 5) is 56.9. The van der Waals surface area contributed by atoms with E-state index < -0.39 is 29.2 Å². The first kappa shape index (κ1) is 85.5. The molecule has 29 nitrogen and oxygen atoms in total. The van der Waals surface area contributed by atoms with E-state index in [2.05, 4.69) is 31.2 Å². The molecule has 13 aromatic rings. The number of aryl methyl sites for hydroxylation is 6. The molecule has 0 spiro atoms. The second-order valence-corrected chi connectivity index (χ2v) is 25.9. The first-order valence-electron chi connectivity index (χ1n) is 34.8. The molecule has 1 aromatic heterocycles. The summed E-state index contributed by atoms with van der Waals surface area (Å²) in [6.07, 6.45) is 1.66. The summed E-state index contributed by atoms with van der Waals surface area (Å²) in [6.45, 7) is 11.1. The summed E-state index contributed by atoms with van der Waals surface area (Å²) in [5, 5.41) is 181. The predicted octanol–water partition coefficient (Wildman–Crippen LogP) is 15.4. The van der Waals surface area contributed by atoms with E-state index >= 15 is 0 Å². The number of hydrogen-bond donors (Lipinski definition) is 23. The zero-order chi connectivity index (χ0) is 84.9. The number of aromatic hydroxyl groups is 18. The molecular weight excluding hydrogens is 1490 g/mol. The highest BCUT2D eigenvalue weighted by atomic mass is 16.3. The van der Waals surface area contributed by atoms with E-state index in [1.807, 2.05) is 32.0 Å². The molecular formula is C87H83N7O22. The molecule has 0 fully saturated rings. The Hall–Kier alpha value is -16.1.